The number of anilines is 1. The maximum Gasteiger partial charge on any atom is 0.244 e. The van der Waals surface area contributed by atoms with E-state index >= 15 is 0 Å². The third kappa shape index (κ3) is 3.87. The molecule has 1 fully saturated rings. The number of nitrogens with one attached hydrogen (secondary N) is 1. The van der Waals surface area contributed by atoms with Gasteiger partial charge in [-0.15, -0.1) is 0 Å². The summed E-state index contributed by atoms with van der Waals surface area (Å²) in [6.07, 6.45) is 2.90. The number of nitrogens with two attached hydrogens (primary N) is 1. The molecule has 0 heterocycles. The standard InChI is InChI=1S/C14H22N2O4S/c1-19-8-7-14(5-6-14)10-16-21(17,18)13-9-11(15)3-4-12(13)20-2/h3-4,9,16H,5-8,10,15H2,1-2H3. The molecule has 6 nitrogen and oxygen atoms in total. The van der Waals surface area contributed by atoms with Gasteiger partial charge in [-0.1, -0.05) is 0 Å². The van der Waals surface area contributed by atoms with Crippen molar-refractivity contribution >= 4 is 15.7 Å². The topological polar surface area (TPSA) is 90.7 Å². The molecule has 0 atom stereocenters. The van der Waals surface area contributed by atoms with E-state index in [4.69, 9.17) is 15.2 Å². The smallest absolute Gasteiger partial charge is 0.244 e. The second-order valence-corrected chi connectivity index (χ2v) is 7.21. The van der Waals surface area contributed by atoms with Gasteiger partial charge in [-0.2, -0.15) is 0 Å². The van der Waals surface area contributed by atoms with Gasteiger partial charge in [-0.05, 0) is 42.9 Å². The lowest BCUT2D eigenvalue weighted by atomic mass is 10.0. The van der Waals surface area contributed by atoms with E-state index in [-0.39, 0.29) is 10.3 Å². The lowest BCUT2D eigenvalue weighted by Gasteiger charge is -2.17. The summed E-state index contributed by atoms with van der Waals surface area (Å²) in [5.41, 5.74) is 6.10. The molecular weight excluding hydrogens is 292 g/mol. The lowest BCUT2D eigenvalue weighted by molar-refractivity contribution is 0.173. The highest BCUT2D eigenvalue weighted by molar-refractivity contribution is 7.89. The van der Waals surface area contributed by atoms with Crippen LogP contribution in [0.5, 0.6) is 5.75 Å². The summed E-state index contributed by atoms with van der Waals surface area (Å²) in [6.45, 7) is 1.06. The minimum atomic E-state index is -3.64. The fraction of sp³-hybridized carbons (Fsp3) is 0.571. The molecule has 1 aliphatic rings. The Labute approximate surface area is 125 Å². The Morgan fingerprint density at radius 3 is 2.62 bits per heavy atom. The first-order chi connectivity index (χ1) is 9.92. The first-order valence-electron chi connectivity index (χ1n) is 6.85. The van der Waals surface area contributed by atoms with E-state index in [1.807, 2.05) is 0 Å². The van der Waals surface area contributed by atoms with Crippen LogP contribution in [-0.2, 0) is 14.8 Å². The van der Waals surface area contributed by atoms with Gasteiger partial charge >= 0.3 is 0 Å². The largest absolute Gasteiger partial charge is 0.495 e. The molecule has 1 aliphatic carbocycles. The predicted molar refractivity (Wildman–Crippen MR) is 80.8 cm³/mol. The summed E-state index contributed by atoms with van der Waals surface area (Å²) in [5.74, 6) is 0.290. The molecule has 3 N–H and O–H groups in total. The number of benzene rings is 1. The van der Waals surface area contributed by atoms with Crippen molar-refractivity contribution < 1.29 is 17.9 Å². The predicted octanol–water partition coefficient (Wildman–Crippen LogP) is 1.37. The van der Waals surface area contributed by atoms with E-state index in [1.165, 1.54) is 13.2 Å². The second kappa shape index (κ2) is 6.21. The Hall–Kier alpha value is -1.31. The van der Waals surface area contributed by atoms with Crippen LogP contribution in [0.3, 0.4) is 0 Å². The van der Waals surface area contributed by atoms with Crippen molar-refractivity contribution in [3.05, 3.63) is 18.2 Å². The van der Waals surface area contributed by atoms with Crippen LogP contribution in [0, 0.1) is 5.41 Å². The quantitative estimate of drug-likeness (QED) is 0.707. The SMILES string of the molecule is COCCC1(CNS(=O)(=O)c2cc(N)ccc2OC)CC1. The number of sulfonamides is 1. The first-order valence-corrected chi connectivity index (χ1v) is 8.33. The van der Waals surface area contributed by atoms with Crippen molar-refractivity contribution in [2.24, 2.45) is 5.41 Å². The minimum Gasteiger partial charge on any atom is -0.495 e. The van der Waals surface area contributed by atoms with E-state index in [0.29, 0.717) is 24.6 Å². The van der Waals surface area contributed by atoms with Crippen LogP contribution in [0.25, 0.3) is 0 Å². The van der Waals surface area contributed by atoms with Gasteiger partial charge in [0.2, 0.25) is 10.0 Å². The van der Waals surface area contributed by atoms with Crippen LogP contribution < -0.4 is 15.2 Å². The maximum absolute atomic E-state index is 12.4. The van der Waals surface area contributed by atoms with Gasteiger partial charge in [0.15, 0.2) is 0 Å². The minimum absolute atomic E-state index is 0.0383. The van der Waals surface area contributed by atoms with E-state index in [2.05, 4.69) is 4.72 Å². The van der Waals surface area contributed by atoms with Crippen LogP contribution in [-0.4, -0.2) is 35.8 Å². The molecule has 1 aromatic rings. The molecular formula is C14H22N2O4S. The Balaban J connectivity index is 2.10. The van der Waals surface area contributed by atoms with Gasteiger partial charge in [-0.3, -0.25) is 0 Å². The van der Waals surface area contributed by atoms with Crippen LogP contribution in [0.15, 0.2) is 23.1 Å². The van der Waals surface area contributed by atoms with E-state index in [9.17, 15) is 8.42 Å². The number of nitrogen functional groups attached to an aromatic ring is 1. The fourth-order valence-corrected chi connectivity index (χ4v) is 3.60. The summed E-state index contributed by atoms with van der Waals surface area (Å²) in [5, 5.41) is 0. The zero-order valence-corrected chi connectivity index (χ0v) is 13.2. The first kappa shape index (κ1) is 16.1. The fourth-order valence-electron chi connectivity index (χ4n) is 2.24. The average Bonchev–Trinajstić information content (AvgIpc) is 3.24. The van der Waals surface area contributed by atoms with Crippen LogP contribution in [0.1, 0.15) is 19.3 Å². The number of ether oxygens (including phenoxy) is 2. The molecule has 1 aromatic carbocycles. The average molecular weight is 314 g/mol. The van der Waals surface area contributed by atoms with Crippen molar-refractivity contribution in [3.63, 3.8) is 0 Å². The highest BCUT2D eigenvalue weighted by Crippen LogP contribution is 2.48. The van der Waals surface area contributed by atoms with Gasteiger partial charge in [0.25, 0.3) is 0 Å². The van der Waals surface area contributed by atoms with Crippen molar-refractivity contribution in [3.8, 4) is 5.75 Å². The maximum atomic E-state index is 12.4. The molecule has 0 unspecified atom stereocenters. The normalized spacial score (nSPS) is 16.7. The molecule has 2 rings (SSSR count). The molecule has 21 heavy (non-hydrogen) atoms. The summed E-state index contributed by atoms with van der Waals surface area (Å²) >= 11 is 0. The van der Waals surface area contributed by atoms with Crippen LogP contribution >= 0.6 is 0 Å². The Morgan fingerprint density at radius 2 is 2.05 bits per heavy atom. The number of hydrogen-bond donors (Lipinski definition) is 2. The summed E-state index contributed by atoms with van der Waals surface area (Å²) < 4.78 is 37.7. The molecule has 0 saturated heterocycles. The molecule has 118 valence electrons. The molecule has 0 bridgehead atoms. The zero-order valence-electron chi connectivity index (χ0n) is 12.4. The van der Waals surface area contributed by atoms with Gasteiger partial charge in [-0.25, -0.2) is 13.1 Å². The van der Waals surface area contributed by atoms with Crippen LogP contribution in [0.4, 0.5) is 5.69 Å². The zero-order chi connectivity index (χ0) is 15.5. The Bertz CT molecular complexity index is 597. The number of hydrogen-bond acceptors (Lipinski definition) is 5. The third-order valence-corrected chi connectivity index (χ3v) is 5.33. The van der Waals surface area contributed by atoms with E-state index in [0.717, 1.165) is 19.3 Å². The molecule has 0 amide bonds. The summed E-state index contributed by atoms with van der Waals surface area (Å²) in [7, 11) is -0.553. The van der Waals surface area contributed by atoms with Gasteiger partial charge in [0.05, 0.1) is 7.11 Å². The molecule has 1 saturated carbocycles. The Morgan fingerprint density at radius 1 is 1.33 bits per heavy atom. The van der Waals surface area contributed by atoms with Gasteiger partial charge in [0, 0.05) is 25.9 Å². The third-order valence-electron chi connectivity index (χ3n) is 3.91. The van der Waals surface area contributed by atoms with Crippen LogP contribution in [0.2, 0.25) is 0 Å². The molecule has 0 radical (unpaired) electrons. The van der Waals surface area contributed by atoms with E-state index in [1.54, 1.807) is 19.2 Å². The van der Waals surface area contributed by atoms with Gasteiger partial charge < -0.3 is 15.2 Å². The summed E-state index contributed by atoms with van der Waals surface area (Å²) in [6, 6.07) is 4.58. The number of methoxy groups -OCH3 is 2. The highest BCUT2D eigenvalue weighted by atomic mass is 32.2. The molecule has 0 aromatic heterocycles. The lowest BCUT2D eigenvalue weighted by Crippen LogP contribution is -2.31. The Kier molecular flexibility index (Phi) is 4.75. The highest BCUT2D eigenvalue weighted by Gasteiger charge is 2.42. The molecule has 0 spiro atoms. The second-order valence-electron chi connectivity index (χ2n) is 5.48. The van der Waals surface area contributed by atoms with Crippen molar-refractivity contribution in [1.29, 1.82) is 0 Å². The van der Waals surface area contributed by atoms with Crippen molar-refractivity contribution in [2.45, 2.75) is 24.2 Å². The van der Waals surface area contributed by atoms with Crippen molar-refractivity contribution in [2.75, 3.05) is 33.1 Å². The monoisotopic (exact) mass is 314 g/mol. The molecule has 7 heteroatoms. The van der Waals surface area contributed by atoms with Crippen molar-refractivity contribution in [1.82, 2.24) is 4.72 Å². The summed E-state index contributed by atoms with van der Waals surface area (Å²) in [4.78, 5) is 0.0764. The molecule has 0 aliphatic heterocycles. The van der Waals surface area contributed by atoms with E-state index < -0.39 is 10.0 Å². The van der Waals surface area contributed by atoms with Gasteiger partial charge in [0.1, 0.15) is 10.6 Å². The number of rotatable bonds is 8.